The smallest absolute Gasteiger partial charge is 0.248 e. The molecule has 0 spiro atoms. The third kappa shape index (κ3) is 2.85. The summed E-state index contributed by atoms with van der Waals surface area (Å²) in [7, 11) is 0. The van der Waals surface area contributed by atoms with Crippen molar-refractivity contribution in [2.24, 2.45) is 5.92 Å². The van der Waals surface area contributed by atoms with Gasteiger partial charge in [0.2, 0.25) is 5.91 Å². The van der Waals surface area contributed by atoms with Gasteiger partial charge < -0.3 is 0 Å². The summed E-state index contributed by atoms with van der Waals surface area (Å²) in [4.78, 5) is 11.3. The quantitative estimate of drug-likeness (QED) is 0.589. The standard InChI is InChI=1S/C11H15NO2/c1-9(2)11(13)12(14)8-10-6-4-3-5-7-10/h3-7,9,14H,8H2,1-2H3. The molecule has 0 saturated carbocycles. The van der Waals surface area contributed by atoms with E-state index in [1.54, 1.807) is 13.8 Å². The van der Waals surface area contributed by atoms with Crippen LogP contribution < -0.4 is 0 Å². The summed E-state index contributed by atoms with van der Waals surface area (Å²) in [5, 5.41) is 10.2. The van der Waals surface area contributed by atoms with Gasteiger partial charge in [-0.3, -0.25) is 10.0 Å². The van der Waals surface area contributed by atoms with Crippen LogP contribution in [0.25, 0.3) is 0 Å². The molecule has 1 N–H and O–H groups in total. The van der Waals surface area contributed by atoms with Gasteiger partial charge in [-0.2, -0.15) is 0 Å². The van der Waals surface area contributed by atoms with Crippen molar-refractivity contribution < 1.29 is 10.0 Å². The average molecular weight is 193 g/mol. The number of hydrogen-bond donors (Lipinski definition) is 1. The Balaban J connectivity index is 2.57. The highest BCUT2D eigenvalue weighted by molar-refractivity contribution is 5.76. The molecular formula is C11H15NO2. The zero-order valence-corrected chi connectivity index (χ0v) is 8.47. The van der Waals surface area contributed by atoms with Gasteiger partial charge >= 0.3 is 0 Å². The molecule has 1 aromatic carbocycles. The first kappa shape index (κ1) is 10.7. The lowest BCUT2D eigenvalue weighted by Gasteiger charge is -2.16. The van der Waals surface area contributed by atoms with Gasteiger partial charge in [0.1, 0.15) is 0 Å². The summed E-state index contributed by atoms with van der Waals surface area (Å²) in [6.45, 7) is 3.77. The minimum atomic E-state index is -0.256. The predicted molar refractivity (Wildman–Crippen MR) is 53.6 cm³/mol. The van der Waals surface area contributed by atoms with Gasteiger partial charge in [0.25, 0.3) is 0 Å². The predicted octanol–water partition coefficient (Wildman–Crippen LogP) is 2.06. The molecule has 0 aromatic heterocycles. The highest BCUT2D eigenvalue weighted by atomic mass is 16.5. The van der Waals surface area contributed by atoms with Crippen LogP contribution in [0.1, 0.15) is 19.4 Å². The average Bonchev–Trinajstić information content (AvgIpc) is 2.18. The number of amides is 1. The van der Waals surface area contributed by atoms with Crippen molar-refractivity contribution >= 4 is 5.91 Å². The van der Waals surface area contributed by atoms with Gasteiger partial charge in [-0.05, 0) is 5.56 Å². The molecule has 3 heteroatoms. The van der Waals surface area contributed by atoms with Crippen LogP contribution in [0.5, 0.6) is 0 Å². The second-order valence-electron chi connectivity index (χ2n) is 3.54. The molecule has 1 amide bonds. The molecule has 0 bridgehead atoms. The molecule has 14 heavy (non-hydrogen) atoms. The minimum absolute atomic E-state index is 0.177. The third-order valence-electron chi connectivity index (χ3n) is 1.92. The van der Waals surface area contributed by atoms with Gasteiger partial charge in [0.15, 0.2) is 0 Å². The molecule has 0 unspecified atom stereocenters. The molecule has 76 valence electrons. The van der Waals surface area contributed by atoms with Gasteiger partial charge in [-0.15, -0.1) is 0 Å². The summed E-state index contributed by atoms with van der Waals surface area (Å²) in [6, 6.07) is 9.40. The van der Waals surface area contributed by atoms with Crippen LogP contribution >= 0.6 is 0 Å². The minimum Gasteiger partial charge on any atom is -0.286 e. The fourth-order valence-corrected chi connectivity index (χ4v) is 1.13. The number of rotatable bonds is 3. The van der Waals surface area contributed by atoms with Crippen LogP contribution in [0.3, 0.4) is 0 Å². The van der Waals surface area contributed by atoms with Gasteiger partial charge in [0, 0.05) is 5.92 Å². The monoisotopic (exact) mass is 193 g/mol. The van der Waals surface area contributed by atoms with Gasteiger partial charge in [-0.1, -0.05) is 44.2 Å². The van der Waals surface area contributed by atoms with Crippen molar-refractivity contribution in [1.82, 2.24) is 5.06 Å². The van der Waals surface area contributed by atoms with Crippen molar-refractivity contribution in [1.29, 1.82) is 0 Å². The van der Waals surface area contributed by atoms with Crippen molar-refractivity contribution in [3.05, 3.63) is 35.9 Å². The van der Waals surface area contributed by atoms with E-state index in [1.807, 2.05) is 30.3 Å². The molecule has 1 aromatic rings. The van der Waals surface area contributed by atoms with E-state index in [9.17, 15) is 10.0 Å². The molecule has 0 atom stereocenters. The summed E-state index contributed by atoms with van der Waals surface area (Å²) in [6.07, 6.45) is 0. The van der Waals surface area contributed by atoms with Crippen molar-refractivity contribution in [2.45, 2.75) is 20.4 Å². The van der Waals surface area contributed by atoms with Crippen molar-refractivity contribution in [3.8, 4) is 0 Å². The van der Waals surface area contributed by atoms with Crippen molar-refractivity contribution in [2.75, 3.05) is 0 Å². The Hall–Kier alpha value is -1.35. The van der Waals surface area contributed by atoms with E-state index < -0.39 is 0 Å². The summed E-state index contributed by atoms with van der Waals surface area (Å²) < 4.78 is 0. The van der Waals surface area contributed by atoms with Gasteiger partial charge in [0.05, 0.1) is 6.54 Å². The van der Waals surface area contributed by atoms with Crippen LogP contribution in [-0.4, -0.2) is 16.2 Å². The van der Waals surface area contributed by atoms with E-state index in [4.69, 9.17) is 0 Å². The molecule has 0 radical (unpaired) electrons. The Kier molecular flexibility index (Phi) is 3.65. The lowest BCUT2D eigenvalue weighted by atomic mass is 10.2. The largest absolute Gasteiger partial charge is 0.286 e. The Bertz CT molecular complexity index is 295. The Labute approximate surface area is 83.9 Å². The van der Waals surface area contributed by atoms with Crippen LogP contribution in [-0.2, 0) is 11.3 Å². The lowest BCUT2D eigenvalue weighted by molar-refractivity contribution is -0.171. The second-order valence-corrected chi connectivity index (χ2v) is 3.54. The molecule has 0 aliphatic rings. The first-order chi connectivity index (χ1) is 6.61. The van der Waals surface area contributed by atoms with E-state index in [1.165, 1.54) is 0 Å². The Morgan fingerprint density at radius 1 is 1.36 bits per heavy atom. The SMILES string of the molecule is CC(C)C(=O)N(O)Cc1ccccc1. The molecule has 0 heterocycles. The topological polar surface area (TPSA) is 40.5 Å². The second kappa shape index (κ2) is 4.77. The first-order valence-corrected chi connectivity index (χ1v) is 4.65. The maximum absolute atomic E-state index is 11.3. The normalized spacial score (nSPS) is 10.3. The number of nitrogens with zero attached hydrogens (tertiary/aromatic N) is 1. The first-order valence-electron chi connectivity index (χ1n) is 4.65. The molecular weight excluding hydrogens is 178 g/mol. The highest BCUT2D eigenvalue weighted by Crippen LogP contribution is 2.05. The van der Waals surface area contributed by atoms with Gasteiger partial charge in [-0.25, -0.2) is 5.06 Å². The fraction of sp³-hybridized carbons (Fsp3) is 0.364. The van der Waals surface area contributed by atoms with Crippen LogP contribution in [0.2, 0.25) is 0 Å². The van der Waals surface area contributed by atoms with Crippen LogP contribution in [0.4, 0.5) is 0 Å². The maximum Gasteiger partial charge on any atom is 0.248 e. The number of carbonyl (C=O) groups is 1. The van der Waals surface area contributed by atoms with E-state index in [0.29, 0.717) is 0 Å². The summed E-state index contributed by atoms with van der Waals surface area (Å²) >= 11 is 0. The zero-order chi connectivity index (χ0) is 10.6. The zero-order valence-electron chi connectivity index (χ0n) is 8.47. The highest BCUT2D eigenvalue weighted by Gasteiger charge is 2.14. The molecule has 0 aliphatic heterocycles. The molecule has 0 aliphatic carbocycles. The van der Waals surface area contributed by atoms with Crippen molar-refractivity contribution in [3.63, 3.8) is 0 Å². The van der Waals surface area contributed by atoms with Crippen LogP contribution in [0.15, 0.2) is 30.3 Å². The summed E-state index contributed by atoms with van der Waals surface area (Å²) in [5.74, 6) is -0.433. The molecule has 1 rings (SSSR count). The van der Waals surface area contributed by atoms with E-state index >= 15 is 0 Å². The number of hydroxylamine groups is 2. The molecule has 0 saturated heterocycles. The molecule has 3 nitrogen and oxygen atoms in total. The third-order valence-corrected chi connectivity index (χ3v) is 1.92. The summed E-state index contributed by atoms with van der Waals surface area (Å²) in [5.41, 5.74) is 0.920. The lowest BCUT2D eigenvalue weighted by Crippen LogP contribution is -2.30. The maximum atomic E-state index is 11.3. The molecule has 0 fully saturated rings. The van der Waals surface area contributed by atoms with E-state index in [2.05, 4.69) is 0 Å². The van der Waals surface area contributed by atoms with E-state index in [0.717, 1.165) is 10.6 Å². The number of carbonyl (C=O) groups excluding carboxylic acids is 1. The van der Waals surface area contributed by atoms with E-state index in [-0.39, 0.29) is 18.4 Å². The number of benzene rings is 1. The Morgan fingerprint density at radius 2 is 1.93 bits per heavy atom. The van der Waals surface area contributed by atoms with Crippen LogP contribution in [0, 0.1) is 5.92 Å². The number of hydrogen-bond acceptors (Lipinski definition) is 2. The fourth-order valence-electron chi connectivity index (χ4n) is 1.13. The Morgan fingerprint density at radius 3 is 2.43 bits per heavy atom.